The SMILES string of the molecule is CCNC(=O)NC(=O)C(C)N1CCN(CCO)CC1. The number of hydrogen-bond acceptors (Lipinski definition) is 5. The number of nitrogens with one attached hydrogen (secondary N) is 2. The number of urea groups is 1. The largest absolute Gasteiger partial charge is 0.395 e. The van der Waals surface area contributed by atoms with E-state index >= 15 is 0 Å². The van der Waals surface area contributed by atoms with Gasteiger partial charge in [0.1, 0.15) is 0 Å². The first kappa shape index (κ1) is 15.9. The molecule has 0 aromatic carbocycles. The summed E-state index contributed by atoms with van der Waals surface area (Å²) >= 11 is 0. The number of nitrogens with zero attached hydrogens (tertiary/aromatic N) is 2. The lowest BCUT2D eigenvalue weighted by Crippen LogP contribution is -2.55. The van der Waals surface area contributed by atoms with Crippen molar-refractivity contribution >= 4 is 11.9 Å². The highest BCUT2D eigenvalue weighted by Crippen LogP contribution is 2.06. The van der Waals surface area contributed by atoms with E-state index in [2.05, 4.69) is 15.5 Å². The molecule has 1 heterocycles. The number of carbonyl (C=O) groups excluding carboxylic acids is 2. The molecule has 1 fully saturated rings. The van der Waals surface area contributed by atoms with Crippen LogP contribution in [0.3, 0.4) is 0 Å². The average Bonchev–Trinajstić information content (AvgIpc) is 2.39. The Hall–Kier alpha value is -1.18. The fraction of sp³-hybridized carbons (Fsp3) is 0.833. The summed E-state index contributed by atoms with van der Waals surface area (Å²) in [7, 11) is 0. The van der Waals surface area contributed by atoms with Gasteiger partial charge >= 0.3 is 6.03 Å². The summed E-state index contributed by atoms with van der Waals surface area (Å²) in [6.07, 6.45) is 0. The highest BCUT2D eigenvalue weighted by Gasteiger charge is 2.26. The fourth-order valence-electron chi connectivity index (χ4n) is 2.10. The maximum atomic E-state index is 11.9. The second-order valence-electron chi connectivity index (χ2n) is 4.63. The van der Waals surface area contributed by atoms with Gasteiger partial charge in [-0.05, 0) is 13.8 Å². The number of carbonyl (C=O) groups is 2. The van der Waals surface area contributed by atoms with Crippen LogP contribution in [0.1, 0.15) is 13.8 Å². The second-order valence-corrected chi connectivity index (χ2v) is 4.63. The molecule has 19 heavy (non-hydrogen) atoms. The predicted octanol–water partition coefficient (Wildman–Crippen LogP) is -1.17. The van der Waals surface area contributed by atoms with E-state index < -0.39 is 6.03 Å². The highest BCUT2D eigenvalue weighted by atomic mass is 16.3. The number of amides is 3. The van der Waals surface area contributed by atoms with E-state index in [0.717, 1.165) is 26.2 Å². The third-order valence-electron chi connectivity index (χ3n) is 3.32. The summed E-state index contributed by atoms with van der Waals surface area (Å²) < 4.78 is 0. The van der Waals surface area contributed by atoms with Gasteiger partial charge in [-0.3, -0.25) is 19.9 Å². The Morgan fingerprint density at radius 3 is 2.42 bits per heavy atom. The lowest BCUT2D eigenvalue weighted by atomic mass is 10.2. The molecule has 0 aromatic heterocycles. The van der Waals surface area contributed by atoms with Crippen molar-refractivity contribution in [3.05, 3.63) is 0 Å². The minimum absolute atomic E-state index is 0.160. The van der Waals surface area contributed by atoms with Crippen LogP contribution in [0.25, 0.3) is 0 Å². The molecule has 0 saturated carbocycles. The van der Waals surface area contributed by atoms with Crippen molar-refractivity contribution in [2.24, 2.45) is 0 Å². The van der Waals surface area contributed by atoms with Gasteiger partial charge in [0.2, 0.25) is 5.91 Å². The topological polar surface area (TPSA) is 84.9 Å². The van der Waals surface area contributed by atoms with E-state index in [9.17, 15) is 9.59 Å². The first-order valence-electron chi connectivity index (χ1n) is 6.74. The lowest BCUT2D eigenvalue weighted by Gasteiger charge is -2.37. The molecule has 110 valence electrons. The molecule has 7 nitrogen and oxygen atoms in total. The molecule has 0 radical (unpaired) electrons. The number of aliphatic hydroxyl groups is 1. The molecule has 1 aliphatic heterocycles. The molecule has 1 atom stereocenters. The molecule has 0 bridgehead atoms. The predicted molar refractivity (Wildman–Crippen MR) is 71.8 cm³/mol. The quantitative estimate of drug-likeness (QED) is 0.587. The normalized spacial score (nSPS) is 18.9. The van der Waals surface area contributed by atoms with Crippen molar-refractivity contribution < 1.29 is 14.7 Å². The zero-order valence-corrected chi connectivity index (χ0v) is 11.7. The van der Waals surface area contributed by atoms with E-state index in [0.29, 0.717) is 13.1 Å². The summed E-state index contributed by atoms with van der Waals surface area (Å²) in [4.78, 5) is 27.3. The monoisotopic (exact) mass is 272 g/mol. The Morgan fingerprint density at radius 2 is 1.89 bits per heavy atom. The van der Waals surface area contributed by atoms with Gasteiger partial charge < -0.3 is 10.4 Å². The Morgan fingerprint density at radius 1 is 1.26 bits per heavy atom. The van der Waals surface area contributed by atoms with Crippen LogP contribution in [-0.4, -0.2) is 78.8 Å². The molecular formula is C12H24N4O3. The smallest absolute Gasteiger partial charge is 0.321 e. The van der Waals surface area contributed by atoms with E-state index in [1.54, 1.807) is 13.8 Å². The number of imide groups is 1. The van der Waals surface area contributed by atoms with Gasteiger partial charge in [0, 0.05) is 39.3 Å². The molecule has 1 saturated heterocycles. The summed E-state index contributed by atoms with van der Waals surface area (Å²) in [5, 5.41) is 13.7. The maximum absolute atomic E-state index is 11.9. The zero-order chi connectivity index (χ0) is 14.3. The number of aliphatic hydroxyl groups excluding tert-OH is 1. The van der Waals surface area contributed by atoms with Crippen molar-refractivity contribution in [2.45, 2.75) is 19.9 Å². The minimum atomic E-state index is -0.446. The summed E-state index contributed by atoms with van der Waals surface area (Å²) in [5.74, 6) is -0.276. The molecule has 1 aliphatic rings. The Balaban J connectivity index is 2.35. The van der Waals surface area contributed by atoms with Crippen LogP contribution in [0.15, 0.2) is 0 Å². The average molecular weight is 272 g/mol. The van der Waals surface area contributed by atoms with Gasteiger partial charge in [-0.25, -0.2) is 4.79 Å². The second kappa shape index (κ2) is 8.08. The molecule has 0 aromatic rings. The van der Waals surface area contributed by atoms with Gasteiger partial charge in [-0.15, -0.1) is 0 Å². The molecule has 3 N–H and O–H groups in total. The van der Waals surface area contributed by atoms with Crippen molar-refractivity contribution in [3.8, 4) is 0 Å². The van der Waals surface area contributed by atoms with Crippen molar-refractivity contribution in [1.29, 1.82) is 0 Å². The molecular weight excluding hydrogens is 248 g/mol. The Bertz CT molecular complexity index is 303. The molecule has 7 heteroatoms. The Kier molecular flexibility index (Phi) is 6.75. The lowest BCUT2D eigenvalue weighted by molar-refractivity contribution is -0.125. The Labute approximate surface area is 113 Å². The minimum Gasteiger partial charge on any atom is -0.395 e. The molecule has 1 unspecified atom stereocenters. The van der Waals surface area contributed by atoms with E-state index in [-0.39, 0.29) is 18.6 Å². The first-order chi connectivity index (χ1) is 9.08. The van der Waals surface area contributed by atoms with Gasteiger partial charge in [-0.2, -0.15) is 0 Å². The van der Waals surface area contributed by atoms with Gasteiger partial charge in [-0.1, -0.05) is 0 Å². The zero-order valence-electron chi connectivity index (χ0n) is 11.7. The van der Waals surface area contributed by atoms with Gasteiger partial charge in [0.15, 0.2) is 0 Å². The van der Waals surface area contributed by atoms with Crippen LogP contribution in [-0.2, 0) is 4.79 Å². The molecule has 1 rings (SSSR count). The summed E-state index contributed by atoms with van der Waals surface area (Å²) in [6, 6.07) is -0.767. The first-order valence-corrected chi connectivity index (χ1v) is 6.74. The van der Waals surface area contributed by atoms with Gasteiger partial charge in [0.05, 0.1) is 12.6 Å². The number of β-amino-alcohol motifs (C(OH)–C–C–N with tert-alkyl or cyclic N) is 1. The van der Waals surface area contributed by atoms with E-state index in [1.807, 2.05) is 4.90 Å². The van der Waals surface area contributed by atoms with Crippen molar-refractivity contribution in [2.75, 3.05) is 45.9 Å². The molecule has 3 amide bonds. The summed E-state index contributed by atoms with van der Waals surface area (Å²) in [6.45, 7) is 8.13. The number of rotatable bonds is 5. The van der Waals surface area contributed by atoms with E-state index in [4.69, 9.17) is 5.11 Å². The van der Waals surface area contributed by atoms with E-state index in [1.165, 1.54) is 0 Å². The summed E-state index contributed by atoms with van der Waals surface area (Å²) in [5.41, 5.74) is 0. The maximum Gasteiger partial charge on any atom is 0.321 e. The third-order valence-corrected chi connectivity index (χ3v) is 3.32. The molecule has 0 aliphatic carbocycles. The molecule has 0 spiro atoms. The van der Waals surface area contributed by atoms with Gasteiger partial charge in [0.25, 0.3) is 0 Å². The number of piperazine rings is 1. The van der Waals surface area contributed by atoms with Crippen LogP contribution in [0.5, 0.6) is 0 Å². The van der Waals surface area contributed by atoms with Crippen LogP contribution in [0.2, 0.25) is 0 Å². The van der Waals surface area contributed by atoms with Crippen molar-refractivity contribution in [1.82, 2.24) is 20.4 Å². The van der Waals surface area contributed by atoms with Crippen LogP contribution < -0.4 is 10.6 Å². The van der Waals surface area contributed by atoms with Crippen LogP contribution >= 0.6 is 0 Å². The van der Waals surface area contributed by atoms with Crippen LogP contribution in [0, 0.1) is 0 Å². The van der Waals surface area contributed by atoms with Crippen molar-refractivity contribution in [3.63, 3.8) is 0 Å². The highest BCUT2D eigenvalue weighted by molar-refractivity contribution is 5.96. The third kappa shape index (κ3) is 5.14. The standard InChI is InChI=1S/C12H24N4O3/c1-3-13-12(19)14-11(18)10(2)16-6-4-15(5-7-16)8-9-17/h10,17H,3-9H2,1-2H3,(H2,13,14,18,19). The fourth-order valence-corrected chi connectivity index (χ4v) is 2.10. The number of hydrogen-bond donors (Lipinski definition) is 3. The van der Waals surface area contributed by atoms with Crippen LogP contribution in [0.4, 0.5) is 4.79 Å².